The summed E-state index contributed by atoms with van der Waals surface area (Å²) in [4.78, 5) is 23.7. The Morgan fingerprint density at radius 2 is 1.83 bits per heavy atom. The first-order chi connectivity index (χ1) is 14.6. The van der Waals surface area contributed by atoms with Gasteiger partial charge in [-0.25, -0.2) is 4.79 Å². The Morgan fingerprint density at radius 3 is 2.57 bits per heavy atom. The van der Waals surface area contributed by atoms with Crippen LogP contribution in [0.15, 0.2) is 77.7 Å². The van der Waals surface area contributed by atoms with E-state index in [1.54, 1.807) is 48.6 Å². The SMILES string of the molecule is C=CCOc1ccc(/C=C/C(=O)OCC(=O)Nc2nnc(-c3ccccc3)o2)cc1. The first kappa shape index (κ1) is 20.5. The zero-order valence-electron chi connectivity index (χ0n) is 16.0. The molecule has 0 saturated heterocycles. The minimum absolute atomic E-state index is 0.0794. The number of hydrogen-bond donors (Lipinski definition) is 1. The molecule has 0 fully saturated rings. The second kappa shape index (κ2) is 10.4. The monoisotopic (exact) mass is 405 g/mol. The predicted molar refractivity (Wildman–Crippen MR) is 110 cm³/mol. The van der Waals surface area contributed by atoms with Crippen LogP contribution in [0.3, 0.4) is 0 Å². The Labute approximate surface area is 172 Å². The van der Waals surface area contributed by atoms with Gasteiger partial charge in [-0.05, 0) is 35.9 Å². The van der Waals surface area contributed by atoms with Crippen LogP contribution in [0.4, 0.5) is 6.01 Å². The standard InChI is InChI=1S/C22H19N3O5/c1-2-14-28-18-11-8-16(9-12-18)10-13-20(27)29-15-19(26)23-22-25-24-21(30-22)17-6-4-3-5-7-17/h2-13H,1,14-15H2,(H,23,25,26)/b13-10+. The first-order valence-electron chi connectivity index (χ1n) is 9.01. The maximum Gasteiger partial charge on any atom is 0.331 e. The van der Waals surface area contributed by atoms with Crippen molar-refractivity contribution in [1.29, 1.82) is 0 Å². The number of carbonyl (C=O) groups is 2. The van der Waals surface area contributed by atoms with Gasteiger partial charge in [-0.1, -0.05) is 48.1 Å². The molecule has 152 valence electrons. The van der Waals surface area contributed by atoms with E-state index < -0.39 is 18.5 Å². The van der Waals surface area contributed by atoms with E-state index in [1.165, 1.54) is 6.08 Å². The summed E-state index contributed by atoms with van der Waals surface area (Å²) in [6.07, 6.45) is 4.45. The Morgan fingerprint density at radius 1 is 1.07 bits per heavy atom. The van der Waals surface area contributed by atoms with Crippen molar-refractivity contribution in [2.24, 2.45) is 0 Å². The van der Waals surface area contributed by atoms with Crippen molar-refractivity contribution in [3.63, 3.8) is 0 Å². The Balaban J connectivity index is 1.44. The second-order valence-electron chi connectivity index (χ2n) is 5.94. The van der Waals surface area contributed by atoms with Crippen LogP contribution in [0, 0.1) is 0 Å². The number of benzene rings is 2. The van der Waals surface area contributed by atoms with E-state index in [2.05, 4.69) is 22.1 Å². The molecule has 2 aromatic carbocycles. The Kier molecular flexibility index (Phi) is 7.10. The number of rotatable bonds is 9. The van der Waals surface area contributed by atoms with Crippen LogP contribution in [0.2, 0.25) is 0 Å². The van der Waals surface area contributed by atoms with Crippen LogP contribution in [0.25, 0.3) is 17.5 Å². The fourth-order valence-electron chi connectivity index (χ4n) is 2.31. The normalized spacial score (nSPS) is 10.5. The summed E-state index contributed by atoms with van der Waals surface area (Å²) in [7, 11) is 0. The van der Waals surface area contributed by atoms with Crippen LogP contribution in [-0.4, -0.2) is 35.3 Å². The number of hydrogen-bond acceptors (Lipinski definition) is 7. The fraction of sp³-hybridized carbons (Fsp3) is 0.0909. The maximum atomic E-state index is 11.9. The highest BCUT2D eigenvalue weighted by Gasteiger charge is 2.12. The van der Waals surface area contributed by atoms with Gasteiger partial charge < -0.3 is 13.9 Å². The van der Waals surface area contributed by atoms with Crippen molar-refractivity contribution in [2.75, 3.05) is 18.5 Å². The lowest BCUT2D eigenvalue weighted by Crippen LogP contribution is -2.20. The highest BCUT2D eigenvalue weighted by Crippen LogP contribution is 2.19. The molecule has 1 amide bonds. The molecule has 0 atom stereocenters. The lowest BCUT2D eigenvalue weighted by Gasteiger charge is -2.03. The summed E-state index contributed by atoms with van der Waals surface area (Å²) in [5, 5.41) is 9.98. The quantitative estimate of drug-likeness (QED) is 0.330. The van der Waals surface area contributed by atoms with Gasteiger partial charge >= 0.3 is 12.0 Å². The van der Waals surface area contributed by atoms with E-state index in [1.807, 2.05) is 18.2 Å². The lowest BCUT2D eigenvalue weighted by atomic mass is 10.2. The summed E-state index contributed by atoms with van der Waals surface area (Å²) in [6, 6.07) is 16.2. The van der Waals surface area contributed by atoms with E-state index in [-0.39, 0.29) is 11.9 Å². The van der Waals surface area contributed by atoms with Crippen molar-refractivity contribution in [3.05, 3.63) is 78.9 Å². The molecule has 8 nitrogen and oxygen atoms in total. The number of aromatic nitrogens is 2. The summed E-state index contributed by atoms with van der Waals surface area (Å²) in [5.41, 5.74) is 1.50. The van der Waals surface area contributed by atoms with Gasteiger partial charge in [0, 0.05) is 11.6 Å². The number of carbonyl (C=O) groups excluding carboxylic acids is 2. The van der Waals surface area contributed by atoms with E-state index in [0.717, 1.165) is 11.1 Å². The van der Waals surface area contributed by atoms with Gasteiger partial charge in [-0.15, -0.1) is 5.10 Å². The molecule has 1 N–H and O–H groups in total. The van der Waals surface area contributed by atoms with Crippen LogP contribution in [0.5, 0.6) is 5.75 Å². The molecular weight excluding hydrogens is 386 g/mol. The van der Waals surface area contributed by atoms with E-state index in [9.17, 15) is 9.59 Å². The minimum atomic E-state index is -0.660. The molecule has 1 aromatic heterocycles. The van der Waals surface area contributed by atoms with Gasteiger partial charge in [0.05, 0.1) is 0 Å². The van der Waals surface area contributed by atoms with Crippen LogP contribution < -0.4 is 10.1 Å². The van der Waals surface area contributed by atoms with Gasteiger partial charge in [0.25, 0.3) is 5.91 Å². The third kappa shape index (κ3) is 6.16. The molecule has 1 heterocycles. The zero-order chi connectivity index (χ0) is 21.2. The molecule has 0 unspecified atom stereocenters. The average Bonchev–Trinajstić information content (AvgIpc) is 3.24. The first-order valence-corrected chi connectivity index (χ1v) is 9.01. The molecule has 0 aliphatic rings. The molecule has 0 radical (unpaired) electrons. The summed E-state index contributed by atoms with van der Waals surface area (Å²) >= 11 is 0. The van der Waals surface area contributed by atoms with Crippen molar-refractivity contribution in [3.8, 4) is 17.2 Å². The number of ether oxygens (including phenoxy) is 2. The van der Waals surface area contributed by atoms with Gasteiger partial charge in [-0.3, -0.25) is 10.1 Å². The number of esters is 1. The molecule has 3 aromatic rings. The summed E-state index contributed by atoms with van der Waals surface area (Å²) in [6.45, 7) is 3.51. The van der Waals surface area contributed by atoms with E-state index in [0.29, 0.717) is 12.4 Å². The Bertz CT molecular complexity index is 1030. The molecule has 0 aliphatic heterocycles. The molecule has 3 rings (SSSR count). The van der Waals surface area contributed by atoms with Crippen molar-refractivity contribution in [2.45, 2.75) is 0 Å². The fourth-order valence-corrected chi connectivity index (χ4v) is 2.31. The average molecular weight is 405 g/mol. The highest BCUT2D eigenvalue weighted by atomic mass is 16.5. The minimum Gasteiger partial charge on any atom is -0.490 e. The molecule has 0 aliphatic carbocycles. The van der Waals surface area contributed by atoms with Crippen LogP contribution in [-0.2, 0) is 14.3 Å². The molecular formula is C22H19N3O5. The molecule has 30 heavy (non-hydrogen) atoms. The topological polar surface area (TPSA) is 104 Å². The predicted octanol–water partition coefficient (Wildman–Crippen LogP) is 3.50. The van der Waals surface area contributed by atoms with Crippen LogP contribution in [0.1, 0.15) is 5.56 Å². The third-order valence-electron chi connectivity index (χ3n) is 3.70. The maximum absolute atomic E-state index is 11.9. The molecule has 0 bridgehead atoms. The summed E-state index contributed by atoms with van der Waals surface area (Å²) in [5.74, 6) is -0.286. The summed E-state index contributed by atoms with van der Waals surface area (Å²) < 4.78 is 15.6. The highest BCUT2D eigenvalue weighted by molar-refractivity contribution is 5.93. The third-order valence-corrected chi connectivity index (χ3v) is 3.70. The van der Waals surface area contributed by atoms with Crippen molar-refractivity contribution < 1.29 is 23.5 Å². The molecule has 8 heteroatoms. The number of nitrogens with one attached hydrogen (secondary N) is 1. The largest absolute Gasteiger partial charge is 0.490 e. The van der Waals surface area contributed by atoms with Gasteiger partial charge in [0.15, 0.2) is 6.61 Å². The van der Waals surface area contributed by atoms with Crippen LogP contribution >= 0.6 is 0 Å². The van der Waals surface area contributed by atoms with E-state index in [4.69, 9.17) is 13.9 Å². The number of amides is 1. The lowest BCUT2D eigenvalue weighted by molar-refractivity contribution is -0.142. The van der Waals surface area contributed by atoms with E-state index >= 15 is 0 Å². The molecule has 0 spiro atoms. The van der Waals surface area contributed by atoms with Gasteiger partial charge in [0.2, 0.25) is 5.89 Å². The zero-order valence-corrected chi connectivity index (χ0v) is 16.0. The number of nitrogens with zero attached hydrogens (tertiary/aromatic N) is 2. The smallest absolute Gasteiger partial charge is 0.331 e. The van der Waals surface area contributed by atoms with Gasteiger partial charge in [0.1, 0.15) is 12.4 Å². The second-order valence-corrected chi connectivity index (χ2v) is 5.94. The Hall–Kier alpha value is -4.20. The van der Waals surface area contributed by atoms with Crippen molar-refractivity contribution >= 4 is 24.0 Å². The van der Waals surface area contributed by atoms with Crippen molar-refractivity contribution in [1.82, 2.24) is 10.2 Å². The number of anilines is 1. The van der Waals surface area contributed by atoms with Gasteiger partial charge in [-0.2, -0.15) is 0 Å². The molecule has 0 saturated carbocycles.